The van der Waals surface area contributed by atoms with Crippen molar-refractivity contribution in [3.63, 3.8) is 0 Å². The second-order valence-electron chi connectivity index (χ2n) is 8.77. The molecule has 0 unspecified atom stereocenters. The van der Waals surface area contributed by atoms with Crippen molar-refractivity contribution in [1.29, 1.82) is 0 Å². The van der Waals surface area contributed by atoms with Gasteiger partial charge in [0.05, 0.1) is 24.3 Å². The number of rotatable bonds is 7. The van der Waals surface area contributed by atoms with Crippen LogP contribution in [0.2, 0.25) is 0 Å². The second kappa shape index (κ2) is 8.08. The van der Waals surface area contributed by atoms with E-state index in [0.29, 0.717) is 0 Å². The van der Waals surface area contributed by atoms with Crippen molar-refractivity contribution in [3.05, 3.63) is 23.5 Å². The van der Waals surface area contributed by atoms with E-state index in [4.69, 9.17) is 18.9 Å². The zero-order valence-electron chi connectivity index (χ0n) is 19.4. The van der Waals surface area contributed by atoms with E-state index in [1.54, 1.807) is 41.5 Å². The Bertz CT molecular complexity index is 876. The molecule has 0 radical (unpaired) electrons. The fourth-order valence-corrected chi connectivity index (χ4v) is 2.97. The number of nitrogens with one attached hydrogen (secondary N) is 1. The van der Waals surface area contributed by atoms with E-state index < -0.39 is 40.3 Å². The van der Waals surface area contributed by atoms with E-state index in [1.165, 1.54) is 33.5 Å². The molecule has 0 aromatic rings. The highest BCUT2D eigenvalue weighted by Crippen LogP contribution is 2.37. The first-order valence-corrected chi connectivity index (χ1v) is 9.62. The van der Waals surface area contributed by atoms with Crippen molar-refractivity contribution >= 4 is 23.7 Å². The molecule has 0 atom stereocenters. The zero-order valence-corrected chi connectivity index (χ0v) is 19.4. The Hall–Kier alpha value is -2.72. The normalized spacial score (nSPS) is 21.2. The number of methoxy groups -OCH3 is 3. The van der Waals surface area contributed by atoms with Gasteiger partial charge in [-0.05, 0) is 41.5 Å². The summed E-state index contributed by atoms with van der Waals surface area (Å²) in [5.74, 6) is -2.96. The largest absolute Gasteiger partial charge is 0.466 e. The molecule has 2 aliphatic rings. The molecule has 1 amide bonds. The maximum Gasteiger partial charge on any atom is 0.351 e. The smallest absolute Gasteiger partial charge is 0.351 e. The standard InChI is InChI=1S/C21H30N2O8/c1-18(2,17-23-20(5,6)13(30-17)10-14(24)27-7)16(26)22-19(3,4)12-11-21(28-8,29-9)31-15(12)25/h10-11H,1-9H3,(H,22,26)/b13-10+. The molecule has 10 heteroatoms. The number of hydrogen-bond donors (Lipinski definition) is 1. The average Bonchev–Trinajstić information content (AvgIpc) is 3.19. The number of aliphatic imine (C=N–C) groups is 1. The molecule has 0 saturated heterocycles. The molecule has 0 bridgehead atoms. The highest BCUT2D eigenvalue weighted by atomic mass is 16.9. The number of carbonyl (C=O) groups is 3. The van der Waals surface area contributed by atoms with Crippen LogP contribution in [0.15, 0.2) is 28.5 Å². The van der Waals surface area contributed by atoms with Gasteiger partial charge in [-0.3, -0.25) is 4.79 Å². The third kappa shape index (κ3) is 4.64. The minimum absolute atomic E-state index is 0.132. The maximum atomic E-state index is 13.2. The monoisotopic (exact) mass is 438 g/mol. The van der Waals surface area contributed by atoms with Crippen LogP contribution in [0.1, 0.15) is 41.5 Å². The lowest BCUT2D eigenvalue weighted by molar-refractivity contribution is -0.304. The molecule has 2 heterocycles. The fraction of sp³-hybridized carbons (Fsp3) is 0.619. The Morgan fingerprint density at radius 1 is 1.13 bits per heavy atom. The van der Waals surface area contributed by atoms with Gasteiger partial charge in [-0.15, -0.1) is 0 Å². The number of nitrogens with zero attached hydrogens (tertiary/aromatic N) is 1. The van der Waals surface area contributed by atoms with E-state index in [1.807, 2.05) is 0 Å². The summed E-state index contributed by atoms with van der Waals surface area (Å²) in [4.78, 5) is 41.7. The van der Waals surface area contributed by atoms with E-state index in [2.05, 4.69) is 15.0 Å². The predicted octanol–water partition coefficient (Wildman–Crippen LogP) is 1.60. The number of hydrogen-bond acceptors (Lipinski definition) is 9. The molecule has 0 aromatic heterocycles. The van der Waals surface area contributed by atoms with Gasteiger partial charge in [0.15, 0.2) is 0 Å². The Morgan fingerprint density at radius 2 is 1.71 bits per heavy atom. The van der Waals surface area contributed by atoms with Gasteiger partial charge >= 0.3 is 17.9 Å². The Balaban J connectivity index is 2.27. The van der Waals surface area contributed by atoms with Crippen molar-refractivity contribution in [2.75, 3.05) is 21.3 Å². The molecule has 172 valence electrons. The van der Waals surface area contributed by atoms with Gasteiger partial charge in [0, 0.05) is 20.3 Å². The van der Waals surface area contributed by atoms with Gasteiger partial charge in [-0.2, -0.15) is 0 Å². The first-order valence-electron chi connectivity index (χ1n) is 9.62. The molecule has 0 fully saturated rings. The van der Waals surface area contributed by atoms with Crippen molar-refractivity contribution in [1.82, 2.24) is 5.32 Å². The van der Waals surface area contributed by atoms with E-state index in [-0.39, 0.29) is 17.2 Å². The summed E-state index contributed by atoms with van der Waals surface area (Å²) in [7, 11) is 3.93. The second-order valence-corrected chi connectivity index (χ2v) is 8.77. The quantitative estimate of drug-likeness (QED) is 0.361. The van der Waals surface area contributed by atoms with Gasteiger partial charge in [0.25, 0.3) is 0 Å². The molecule has 2 rings (SSSR count). The first-order chi connectivity index (χ1) is 14.1. The van der Waals surface area contributed by atoms with Crippen molar-refractivity contribution in [3.8, 4) is 0 Å². The SMILES string of the molecule is COC(=O)/C=C1/OC(C(C)(C)C(=O)NC(C)(C)C2=CC(OC)(OC)OC2=O)=NC1(C)C. The summed E-state index contributed by atoms with van der Waals surface area (Å²) in [6.45, 7) is 10.1. The predicted molar refractivity (Wildman–Crippen MR) is 110 cm³/mol. The van der Waals surface area contributed by atoms with Crippen LogP contribution in [0.4, 0.5) is 0 Å². The molecular weight excluding hydrogens is 408 g/mol. The van der Waals surface area contributed by atoms with Crippen LogP contribution in [-0.4, -0.2) is 62.1 Å². The molecule has 31 heavy (non-hydrogen) atoms. The summed E-state index contributed by atoms with van der Waals surface area (Å²) >= 11 is 0. The van der Waals surface area contributed by atoms with E-state index in [9.17, 15) is 14.4 Å². The molecule has 1 N–H and O–H groups in total. The number of cyclic esters (lactones) is 1. The molecule has 10 nitrogen and oxygen atoms in total. The third-order valence-corrected chi connectivity index (χ3v) is 5.19. The zero-order chi connectivity index (χ0) is 23.8. The minimum Gasteiger partial charge on any atom is -0.466 e. The number of amides is 1. The summed E-state index contributed by atoms with van der Waals surface area (Å²) in [6, 6.07) is 0. The summed E-state index contributed by atoms with van der Waals surface area (Å²) < 4.78 is 25.9. The number of carbonyl (C=O) groups excluding carboxylic acids is 3. The molecular formula is C21H30N2O8. The van der Waals surface area contributed by atoms with Crippen molar-refractivity contribution < 1.29 is 38.1 Å². The molecule has 2 aliphatic heterocycles. The number of esters is 2. The molecule has 0 aromatic carbocycles. The lowest BCUT2D eigenvalue weighted by atomic mass is 9.87. The molecule has 0 saturated carbocycles. The van der Waals surface area contributed by atoms with Crippen LogP contribution in [-0.2, 0) is 38.1 Å². The highest BCUT2D eigenvalue weighted by Gasteiger charge is 2.49. The van der Waals surface area contributed by atoms with Crippen LogP contribution >= 0.6 is 0 Å². The van der Waals surface area contributed by atoms with Crippen LogP contribution in [0, 0.1) is 5.41 Å². The van der Waals surface area contributed by atoms with Crippen LogP contribution in [0.3, 0.4) is 0 Å². The Kier molecular flexibility index (Phi) is 6.40. The summed E-state index contributed by atoms with van der Waals surface area (Å²) in [6.07, 6.45) is 2.58. The van der Waals surface area contributed by atoms with E-state index >= 15 is 0 Å². The molecule has 0 aliphatic carbocycles. The minimum atomic E-state index is -1.64. The average molecular weight is 438 g/mol. The Morgan fingerprint density at radius 3 is 2.19 bits per heavy atom. The highest BCUT2D eigenvalue weighted by molar-refractivity contribution is 6.06. The molecule has 0 spiro atoms. The summed E-state index contributed by atoms with van der Waals surface area (Å²) in [5, 5.41) is 2.83. The first kappa shape index (κ1) is 24.5. The van der Waals surface area contributed by atoms with Gasteiger partial charge < -0.3 is 29.0 Å². The van der Waals surface area contributed by atoms with Gasteiger partial charge in [-0.1, -0.05) is 0 Å². The fourth-order valence-electron chi connectivity index (χ4n) is 2.97. The number of ether oxygens (including phenoxy) is 5. The van der Waals surface area contributed by atoms with Gasteiger partial charge in [0.1, 0.15) is 16.7 Å². The van der Waals surface area contributed by atoms with E-state index in [0.717, 1.165) is 0 Å². The van der Waals surface area contributed by atoms with Crippen LogP contribution < -0.4 is 5.32 Å². The third-order valence-electron chi connectivity index (χ3n) is 5.19. The Labute approximate surface area is 181 Å². The van der Waals surface area contributed by atoms with Crippen LogP contribution in [0.25, 0.3) is 0 Å². The van der Waals surface area contributed by atoms with Crippen LogP contribution in [0.5, 0.6) is 0 Å². The maximum absolute atomic E-state index is 13.2. The van der Waals surface area contributed by atoms with Gasteiger partial charge in [-0.25, -0.2) is 14.6 Å². The van der Waals surface area contributed by atoms with Crippen molar-refractivity contribution in [2.24, 2.45) is 10.4 Å². The topological polar surface area (TPSA) is 122 Å². The van der Waals surface area contributed by atoms with Crippen molar-refractivity contribution in [2.45, 2.75) is 58.6 Å². The van der Waals surface area contributed by atoms with Gasteiger partial charge in [0.2, 0.25) is 11.8 Å². The summed E-state index contributed by atoms with van der Waals surface area (Å²) in [5.41, 5.74) is -3.03. The lowest BCUT2D eigenvalue weighted by Crippen LogP contribution is -2.53. The lowest BCUT2D eigenvalue weighted by Gasteiger charge is -2.31.